The molecule has 5 nitrogen and oxygen atoms in total. The first kappa shape index (κ1) is 16.6. The van der Waals surface area contributed by atoms with Gasteiger partial charge in [0.1, 0.15) is 6.10 Å². The highest BCUT2D eigenvalue weighted by Gasteiger charge is 2.22. The first-order chi connectivity index (χ1) is 7.69. The quantitative estimate of drug-likeness (QED) is 0.641. The van der Waals surface area contributed by atoms with Crippen LogP contribution in [-0.4, -0.2) is 57.4 Å². The molecule has 0 saturated heterocycles. The first-order valence-electron chi connectivity index (χ1n) is 5.74. The van der Waals surface area contributed by atoms with Crippen molar-refractivity contribution in [1.29, 1.82) is 0 Å². The van der Waals surface area contributed by atoms with Gasteiger partial charge in [-0.1, -0.05) is 0 Å². The second kappa shape index (κ2) is 8.69. The van der Waals surface area contributed by atoms with E-state index in [2.05, 4.69) is 0 Å². The van der Waals surface area contributed by atoms with Crippen LogP contribution >= 0.6 is 12.4 Å². The van der Waals surface area contributed by atoms with Gasteiger partial charge in [0.2, 0.25) is 0 Å². The van der Waals surface area contributed by atoms with Crippen molar-refractivity contribution in [2.24, 2.45) is 11.7 Å². The van der Waals surface area contributed by atoms with Crippen molar-refractivity contribution in [3.05, 3.63) is 0 Å². The Balaban J connectivity index is 0.00000256. The number of likely N-dealkylation sites (N-methyl/N-ethyl adjacent to an activating group) is 1. The number of carbonyl (C=O) groups excluding carboxylic acids is 1. The predicted molar refractivity (Wildman–Crippen MR) is 68.3 cm³/mol. The van der Waals surface area contributed by atoms with Crippen molar-refractivity contribution in [3.8, 4) is 0 Å². The smallest absolute Gasteiger partial charge is 0.252 e. The molecule has 1 aliphatic carbocycles. The molecule has 0 spiro atoms. The van der Waals surface area contributed by atoms with Crippen LogP contribution in [0.4, 0.5) is 0 Å². The average molecular weight is 267 g/mol. The number of ether oxygens (including phenoxy) is 2. The molecule has 1 unspecified atom stereocenters. The summed E-state index contributed by atoms with van der Waals surface area (Å²) in [7, 11) is 3.23. The molecule has 2 N–H and O–H groups in total. The van der Waals surface area contributed by atoms with Crippen molar-refractivity contribution in [2.45, 2.75) is 18.9 Å². The highest BCUT2D eigenvalue weighted by atomic mass is 35.5. The van der Waals surface area contributed by atoms with Crippen molar-refractivity contribution < 1.29 is 14.3 Å². The summed E-state index contributed by atoms with van der Waals surface area (Å²) in [4.78, 5) is 13.3. The molecule has 0 aliphatic heterocycles. The second-order valence-electron chi connectivity index (χ2n) is 4.24. The highest BCUT2D eigenvalue weighted by molar-refractivity contribution is 5.85. The molecule has 0 heterocycles. The molecule has 0 aromatic rings. The van der Waals surface area contributed by atoms with Crippen molar-refractivity contribution >= 4 is 18.3 Å². The van der Waals surface area contributed by atoms with E-state index in [0.29, 0.717) is 13.2 Å². The van der Waals surface area contributed by atoms with Crippen LogP contribution < -0.4 is 5.73 Å². The topological polar surface area (TPSA) is 64.8 Å². The van der Waals surface area contributed by atoms with Crippen LogP contribution in [0.15, 0.2) is 0 Å². The summed E-state index contributed by atoms with van der Waals surface area (Å²) in [5.41, 5.74) is 5.42. The van der Waals surface area contributed by atoms with Crippen LogP contribution in [0.3, 0.4) is 0 Å². The Hall–Kier alpha value is -0.360. The number of hydrogen-bond acceptors (Lipinski definition) is 4. The van der Waals surface area contributed by atoms with Gasteiger partial charge in [-0.15, -0.1) is 12.4 Å². The Bertz CT molecular complexity index is 221. The van der Waals surface area contributed by atoms with Gasteiger partial charge in [-0.2, -0.15) is 0 Å². The van der Waals surface area contributed by atoms with Crippen molar-refractivity contribution in [1.82, 2.24) is 4.90 Å². The van der Waals surface area contributed by atoms with E-state index in [1.807, 2.05) is 0 Å². The summed E-state index contributed by atoms with van der Waals surface area (Å²) >= 11 is 0. The summed E-state index contributed by atoms with van der Waals surface area (Å²) in [6.07, 6.45) is 2.04. The summed E-state index contributed by atoms with van der Waals surface area (Å²) in [6.45, 7) is 2.21. The minimum Gasteiger partial charge on any atom is -0.379 e. The average Bonchev–Trinajstić information content (AvgIpc) is 3.09. The Kier molecular flexibility index (Phi) is 8.51. The zero-order valence-electron chi connectivity index (χ0n) is 10.6. The van der Waals surface area contributed by atoms with E-state index in [0.717, 1.165) is 12.5 Å². The Morgan fingerprint density at radius 1 is 1.53 bits per heavy atom. The third-order valence-electron chi connectivity index (χ3n) is 2.77. The van der Waals surface area contributed by atoms with Gasteiger partial charge in [0.05, 0.1) is 6.61 Å². The molecule has 17 heavy (non-hydrogen) atoms. The zero-order chi connectivity index (χ0) is 12.0. The number of amides is 1. The molecule has 6 heteroatoms. The Labute approximate surface area is 109 Å². The molecule has 1 aliphatic rings. The van der Waals surface area contributed by atoms with Crippen LogP contribution in [0.2, 0.25) is 0 Å². The number of hydrogen-bond donors (Lipinski definition) is 1. The monoisotopic (exact) mass is 266 g/mol. The Morgan fingerprint density at radius 2 is 2.18 bits per heavy atom. The van der Waals surface area contributed by atoms with Gasteiger partial charge < -0.3 is 20.1 Å². The molecule has 1 amide bonds. The van der Waals surface area contributed by atoms with Gasteiger partial charge in [0, 0.05) is 33.9 Å². The van der Waals surface area contributed by atoms with Gasteiger partial charge in [-0.25, -0.2) is 0 Å². The SMILES string of the molecule is COC(CN)C(=O)N(C)CCOCC1CC1.Cl. The molecule has 1 atom stereocenters. The maximum absolute atomic E-state index is 11.7. The molecule has 0 aromatic carbocycles. The molecule has 102 valence electrons. The molecule has 0 radical (unpaired) electrons. The van der Waals surface area contributed by atoms with Crippen LogP contribution in [0.25, 0.3) is 0 Å². The summed E-state index contributed by atoms with van der Waals surface area (Å²) in [5.74, 6) is 0.678. The fraction of sp³-hybridized carbons (Fsp3) is 0.909. The number of nitrogens with zero attached hydrogens (tertiary/aromatic N) is 1. The third kappa shape index (κ3) is 6.21. The van der Waals surface area contributed by atoms with Crippen molar-refractivity contribution in [2.75, 3.05) is 40.5 Å². The molecule has 1 fully saturated rings. The number of halogens is 1. The van der Waals surface area contributed by atoms with E-state index in [1.54, 1.807) is 11.9 Å². The number of rotatable bonds is 8. The number of methoxy groups -OCH3 is 1. The van der Waals surface area contributed by atoms with Crippen LogP contribution in [0.1, 0.15) is 12.8 Å². The van der Waals surface area contributed by atoms with E-state index in [9.17, 15) is 4.79 Å². The molecular weight excluding hydrogens is 244 g/mol. The third-order valence-corrected chi connectivity index (χ3v) is 2.77. The van der Waals surface area contributed by atoms with Crippen LogP contribution in [0, 0.1) is 5.92 Å². The van der Waals surface area contributed by atoms with Crippen LogP contribution in [0.5, 0.6) is 0 Å². The number of nitrogens with two attached hydrogens (primary N) is 1. The van der Waals surface area contributed by atoms with E-state index in [-0.39, 0.29) is 24.9 Å². The lowest BCUT2D eigenvalue weighted by Crippen LogP contribution is -2.42. The van der Waals surface area contributed by atoms with Gasteiger partial charge >= 0.3 is 0 Å². The van der Waals surface area contributed by atoms with Crippen molar-refractivity contribution in [3.63, 3.8) is 0 Å². The maximum atomic E-state index is 11.7. The molecule has 0 aromatic heterocycles. The van der Waals surface area contributed by atoms with Gasteiger partial charge in [0.25, 0.3) is 5.91 Å². The molecule has 1 rings (SSSR count). The second-order valence-corrected chi connectivity index (χ2v) is 4.24. The molecular formula is C11H23ClN2O3. The van der Waals surface area contributed by atoms with E-state index in [4.69, 9.17) is 15.2 Å². The van der Waals surface area contributed by atoms with Gasteiger partial charge in [-0.3, -0.25) is 4.79 Å². The number of carbonyl (C=O) groups is 1. The zero-order valence-corrected chi connectivity index (χ0v) is 11.4. The van der Waals surface area contributed by atoms with E-state index < -0.39 is 6.10 Å². The molecule has 1 saturated carbocycles. The lowest BCUT2D eigenvalue weighted by atomic mass is 10.3. The molecule has 0 bridgehead atoms. The van der Waals surface area contributed by atoms with E-state index >= 15 is 0 Å². The maximum Gasteiger partial charge on any atom is 0.252 e. The van der Waals surface area contributed by atoms with E-state index in [1.165, 1.54) is 20.0 Å². The summed E-state index contributed by atoms with van der Waals surface area (Å²) in [5, 5.41) is 0. The van der Waals surface area contributed by atoms with Gasteiger partial charge in [0.15, 0.2) is 0 Å². The minimum absolute atomic E-state index is 0. The fourth-order valence-electron chi connectivity index (χ4n) is 1.39. The normalized spacial score (nSPS) is 16.2. The summed E-state index contributed by atoms with van der Waals surface area (Å²) < 4.78 is 10.4. The van der Waals surface area contributed by atoms with Crippen LogP contribution in [-0.2, 0) is 14.3 Å². The minimum atomic E-state index is -0.534. The highest BCUT2D eigenvalue weighted by Crippen LogP contribution is 2.28. The standard InChI is InChI=1S/C11H22N2O3.ClH/c1-13(11(14)10(7-12)15-2)5-6-16-8-9-3-4-9;/h9-10H,3-8,12H2,1-2H3;1H. The first-order valence-corrected chi connectivity index (χ1v) is 5.74. The lowest BCUT2D eigenvalue weighted by molar-refractivity contribution is -0.140. The fourth-order valence-corrected chi connectivity index (χ4v) is 1.39. The Morgan fingerprint density at radius 3 is 2.65 bits per heavy atom. The van der Waals surface area contributed by atoms with Gasteiger partial charge in [-0.05, 0) is 18.8 Å². The lowest BCUT2D eigenvalue weighted by Gasteiger charge is -2.21. The largest absolute Gasteiger partial charge is 0.379 e. The predicted octanol–water partition coefficient (Wildman–Crippen LogP) is 0.267. The summed E-state index contributed by atoms with van der Waals surface area (Å²) in [6, 6.07) is 0.